The highest BCUT2D eigenvalue weighted by Gasteiger charge is 2.61. The van der Waals surface area contributed by atoms with E-state index in [-0.39, 0.29) is 11.0 Å². The van der Waals surface area contributed by atoms with E-state index in [0.717, 1.165) is 4.90 Å². The average molecular weight is 348 g/mol. The van der Waals surface area contributed by atoms with Gasteiger partial charge >= 0.3 is 5.97 Å². The molecule has 3 aliphatic carbocycles. The zero-order valence-electron chi connectivity index (χ0n) is 13.9. The monoisotopic (exact) mass is 348 g/mol. The zero-order chi connectivity index (χ0) is 17.3. The van der Waals surface area contributed by atoms with Crippen LogP contribution in [0.1, 0.15) is 6.42 Å². The summed E-state index contributed by atoms with van der Waals surface area (Å²) in [4.78, 5) is 26.2. The zero-order valence-corrected chi connectivity index (χ0v) is 14.7. The predicted molar refractivity (Wildman–Crippen MR) is 89.5 cm³/mol. The van der Waals surface area contributed by atoms with Crippen molar-refractivity contribution in [3.63, 3.8) is 0 Å². The van der Waals surface area contributed by atoms with Gasteiger partial charge in [-0.2, -0.15) is 0 Å². The van der Waals surface area contributed by atoms with Crippen LogP contribution in [0, 0.1) is 11.8 Å². The second kappa shape index (κ2) is 6.70. The van der Waals surface area contributed by atoms with E-state index in [1.54, 1.807) is 17.8 Å². The summed E-state index contributed by atoms with van der Waals surface area (Å²) < 4.78 is 15.8. The number of carbonyl (C=O) groups is 2. The number of ketones is 1. The molecule has 3 atom stereocenters. The smallest absolute Gasteiger partial charge is 0.333 e. The molecule has 2 bridgehead atoms. The largest absolute Gasteiger partial charge is 0.466 e. The summed E-state index contributed by atoms with van der Waals surface area (Å²) in [7, 11) is 4.22. The average Bonchev–Trinajstić information content (AvgIpc) is 2.63. The molecule has 1 aromatic rings. The highest BCUT2D eigenvalue weighted by molar-refractivity contribution is 8.00. The Kier molecular flexibility index (Phi) is 4.80. The van der Waals surface area contributed by atoms with Crippen molar-refractivity contribution in [1.29, 1.82) is 0 Å². The van der Waals surface area contributed by atoms with Gasteiger partial charge in [-0.25, -0.2) is 4.79 Å². The van der Waals surface area contributed by atoms with E-state index < -0.39 is 23.6 Å². The molecule has 0 heterocycles. The lowest BCUT2D eigenvalue weighted by atomic mass is 9.66. The fourth-order valence-corrected chi connectivity index (χ4v) is 4.92. The van der Waals surface area contributed by atoms with Crippen molar-refractivity contribution in [1.82, 2.24) is 0 Å². The first-order valence-corrected chi connectivity index (χ1v) is 8.61. The van der Waals surface area contributed by atoms with Crippen LogP contribution >= 0.6 is 11.8 Å². The molecule has 0 unspecified atom stereocenters. The molecule has 1 aromatic carbocycles. The molecule has 0 N–H and O–H groups in total. The standard InChI is InChI=1S/C18H20O5S/c1-21-17(20)12-9-13-15(24-11-7-5-4-6-8-11)10-14(12)18(22-2,23-3)16(13)19/h4-9,13-15H,10H2,1-3H3/t13-,14-,15-/m0/s1. The van der Waals surface area contributed by atoms with Gasteiger partial charge in [0.15, 0.2) is 0 Å². The Hall–Kier alpha value is -1.63. The van der Waals surface area contributed by atoms with E-state index in [1.165, 1.54) is 21.3 Å². The van der Waals surface area contributed by atoms with Crippen molar-refractivity contribution in [2.45, 2.75) is 22.4 Å². The lowest BCUT2D eigenvalue weighted by Gasteiger charge is -2.49. The van der Waals surface area contributed by atoms with E-state index in [2.05, 4.69) is 0 Å². The molecule has 0 spiro atoms. The van der Waals surface area contributed by atoms with Crippen LogP contribution in [0.4, 0.5) is 0 Å². The van der Waals surface area contributed by atoms with Crippen LogP contribution in [0.15, 0.2) is 46.9 Å². The maximum Gasteiger partial charge on any atom is 0.333 e. The summed E-state index contributed by atoms with van der Waals surface area (Å²) in [5.74, 6) is -2.90. The summed E-state index contributed by atoms with van der Waals surface area (Å²) >= 11 is 1.65. The maximum absolute atomic E-state index is 13.0. The molecule has 5 nitrogen and oxygen atoms in total. The molecule has 1 saturated carbocycles. The molecule has 6 heteroatoms. The highest BCUT2D eigenvalue weighted by atomic mass is 32.2. The molecule has 128 valence electrons. The van der Waals surface area contributed by atoms with E-state index in [4.69, 9.17) is 14.2 Å². The Bertz CT molecular complexity index is 665. The maximum atomic E-state index is 13.0. The van der Waals surface area contributed by atoms with Crippen LogP contribution in [0.2, 0.25) is 0 Å². The Morgan fingerprint density at radius 3 is 2.42 bits per heavy atom. The fraction of sp³-hybridized carbons (Fsp3) is 0.444. The SMILES string of the molecule is COC(=O)C1=C[C@@H]2C(=O)C(OC)(OC)[C@H]1C[C@@H]2Sc1ccccc1. The number of methoxy groups -OCH3 is 3. The molecule has 0 saturated heterocycles. The summed E-state index contributed by atoms with van der Waals surface area (Å²) in [6.07, 6.45) is 2.35. The van der Waals surface area contributed by atoms with Gasteiger partial charge in [0.2, 0.25) is 11.6 Å². The Labute approximate surface area is 145 Å². The van der Waals surface area contributed by atoms with E-state index in [0.29, 0.717) is 12.0 Å². The number of carbonyl (C=O) groups excluding carboxylic acids is 2. The molecular formula is C18H20O5S. The van der Waals surface area contributed by atoms with Gasteiger partial charge in [0, 0.05) is 29.9 Å². The van der Waals surface area contributed by atoms with E-state index in [9.17, 15) is 9.59 Å². The summed E-state index contributed by atoms with van der Waals surface area (Å²) in [5.41, 5.74) is 0.468. The minimum atomic E-state index is -1.41. The molecule has 0 radical (unpaired) electrons. The van der Waals surface area contributed by atoms with Crippen molar-refractivity contribution < 1.29 is 23.8 Å². The third-order valence-corrected chi connectivity index (χ3v) is 6.10. The number of ether oxygens (including phenoxy) is 3. The molecule has 3 aliphatic rings. The Morgan fingerprint density at radius 2 is 1.83 bits per heavy atom. The van der Waals surface area contributed by atoms with E-state index >= 15 is 0 Å². The minimum Gasteiger partial charge on any atom is -0.466 e. The number of esters is 1. The molecule has 1 fully saturated rings. The summed E-state index contributed by atoms with van der Waals surface area (Å²) in [6.45, 7) is 0. The Balaban J connectivity index is 1.96. The molecule has 0 amide bonds. The number of Topliss-reactive ketones (excluding diaryl/α,β-unsaturated/α-hetero) is 1. The highest BCUT2D eigenvalue weighted by Crippen LogP contribution is 2.51. The van der Waals surface area contributed by atoms with Crippen molar-refractivity contribution in [2.75, 3.05) is 21.3 Å². The van der Waals surface area contributed by atoms with Crippen molar-refractivity contribution in [2.24, 2.45) is 11.8 Å². The van der Waals surface area contributed by atoms with Gasteiger partial charge in [-0.15, -0.1) is 11.8 Å². The van der Waals surface area contributed by atoms with Crippen molar-refractivity contribution in [3.05, 3.63) is 42.0 Å². The van der Waals surface area contributed by atoms with Crippen LogP contribution in [0.25, 0.3) is 0 Å². The predicted octanol–water partition coefficient (Wildman–Crippen LogP) is 2.45. The second-order valence-corrected chi connectivity index (χ2v) is 7.15. The summed E-state index contributed by atoms with van der Waals surface area (Å²) in [6, 6.07) is 9.92. The van der Waals surface area contributed by atoms with Crippen LogP contribution in [0.3, 0.4) is 0 Å². The third-order valence-electron chi connectivity index (χ3n) is 4.77. The van der Waals surface area contributed by atoms with Crippen molar-refractivity contribution in [3.8, 4) is 0 Å². The van der Waals surface area contributed by atoms with Gasteiger partial charge in [-0.05, 0) is 18.6 Å². The van der Waals surface area contributed by atoms with Crippen LogP contribution < -0.4 is 0 Å². The van der Waals surface area contributed by atoms with Gasteiger partial charge in [0.05, 0.1) is 18.9 Å². The Morgan fingerprint density at radius 1 is 1.17 bits per heavy atom. The number of rotatable bonds is 5. The second-order valence-electron chi connectivity index (χ2n) is 5.84. The molecule has 0 aromatic heterocycles. The van der Waals surface area contributed by atoms with Gasteiger partial charge in [0.25, 0.3) is 0 Å². The number of hydrogen-bond acceptors (Lipinski definition) is 6. The van der Waals surface area contributed by atoms with Crippen LogP contribution in [-0.2, 0) is 23.8 Å². The number of benzene rings is 1. The first-order chi connectivity index (χ1) is 11.6. The molecule has 0 aliphatic heterocycles. The van der Waals surface area contributed by atoms with Crippen molar-refractivity contribution >= 4 is 23.5 Å². The lowest BCUT2D eigenvalue weighted by molar-refractivity contribution is -0.237. The molecule has 24 heavy (non-hydrogen) atoms. The lowest BCUT2D eigenvalue weighted by Crippen LogP contribution is -2.62. The number of fused-ring (bicyclic) bond motifs is 2. The quantitative estimate of drug-likeness (QED) is 0.602. The first kappa shape index (κ1) is 17.2. The fourth-order valence-electron chi connectivity index (χ4n) is 3.62. The first-order valence-electron chi connectivity index (χ1n) is 7.73. The topological polar surface area (TPSA) is 61.8 Å². The minimum absolute atomic E-state index is 0.0386. The van der Waals surface area contributed by atoms with Gasteiger partial charge in [-0.3, -0.25) is 4.79 Å². The van der Waals surface area contributed by atoms with Crippen LogP contribution in [0.5, 0.6) is 0 Å². The van der Waals surface area contributed by atoms with Crippen LogP contribution in [-0.4, -0.2) is 44.1 Å². The molecule has 4 rings (SSSR count). The summed E-state index contributed by atoms with van der Waals surface area (Å²) in [5, 5.41) is 0.0386. The normalized spacial score (nSPS) is 27.7. The number of hydrogen-bond donors (Lipinski definition) is 0. The van der Waals surface area contributed by atoms with Gasteiger partial charge in [-0.1, -0.05) is 24.3 Å². The van der Waals surface area contributed by atoms with E-state index in [1.807, 2.05) is 30.3 Å². The number of thioether (sulfide) groups is 1. The number of allylic oxidation sites excluding steroid dienone is 1. The van der Waals surface area contributed by atoms with Gasteiger partial charge in [0.1, 0.15) is 0 Å². The third kappa shape index (κ3) is 2.59. The van der Waals surface area contributed by atoms with Gasteiger partial charge < -0.3 is 14.2 Å². The molecular weight excluding hydrogens is 328 g/mol.